The smallest absolute Gasteiger partial charge is 0.406 e. The van der Waals surface area contributed by atoms with Crippen LogP contribution in [0.25, 0.3) is 0 Å². The molecule has 0 radical (unpaired) electrons. The Hall–Kier alpha value is -2.68. The van der Waals surface area contributed by atoms with E-state index in [1.807, 2.05) is 37.3 Å². The van der Waals surface area contributed by atoms with Crippen LogP contribution in [0.15, 0.2) is 54.8 Å². The highest BCUT2D eigenvalue weighted by Crippen LogP contribution is 2.58. The number of rotatable bonds is 13. The number of benzene rings is 1. The Bertz CT molecular complexity index is 1070. The van der Waals surface area contributed by atoms with Crippen LogP contribution in [0, 0.1) is 11.8 Å². The first-order valence-corrected chi connectivity index (χ1v) is 14.4. The molecule has 0 aliphatic carbocycles. The summed E-state index contributed by atoms with van der Waals surface area (Å²) in [5.74, 6) is -3.24. The number of carbonyl (C=O) groups is 2. The summed E-state index contributed by atoms with van der Waals surface area (Å²) in [6, 6.07) is 9.98. The minimum Gasteiger partial charge on any atom is -0.449 e. The van der Waals surface area contributed by atoms with Gasteiger partial charge in [0.25, 0.3) is 0 Å². The van der Waals surface area contributed by atoms with Crippen molar-refractivity contribution in [2.24, 2.45) is 11.8 Å². The van der Waals surface area contributed by atoms with Gasteiger partial charge in [0, 0.05) is 13.0 Å². The molecule has 0 amide bonds. The minimum absolute atomic E-state index is 0.0788. The standard InChI is InChI=1S/C32H46O8/c1-8-13-25(26-14-11-10-12-15-26)18-19-31(39-27(34)17-16-22(4)20-21(3)9-2)29(36)32(38-24(6)33)37-23(5)28(35)30(31,7)40-32/h10-12,14-17,21-22,25,28-29,35-36H,5,8-9,13,18-20H2,1-4,6-7H3/t21-,22+,25-,28-,29+,30+,31+,32?/m0/s1. The number of ether oxygens (including phenoxy) is 4. The second kappa shape index (κ2) is 12.9. The zero-order valence-electron chi connectivity index (χ0n) is 24.7. The van der Waals surface area contributed by atoms with Gasteiger partial charge in [0.1, 0.15) is 17.5 Å². The van der Waals surface area contributed by atoms with Crippen LogP contribution >= 0.6 is 0 Å². The summed E-state index contributed by atoms with van der Waals surface area (Å²) in [4.78, 5) is 25.5. The van der Waals surface area contributed by atoms with Gasteiger partial charge in [0.15, 0.2) is 5.60 Å². The third-order valence-electron chi connectivity index (χ3n) is 8.44. The molecule has 0 aromatic heterocycles. The van der Waals surface area contributed by atoms with E-state index in [1.165, 1.54) is 13.0 Å². The van der Waals surface area contributed by atoms with E-state index in [0.29, 0.717) is 12.3 Å². The summed E-state index contributed by atoms with van der Waals surface area (Å²) < 4.78 is 23.2. The maximum absolute atomic E-state index is 13.4. The van der Waals surface area contributed by atoms with Crippen molar-refractivity contribution in [1.29, 1.82) is 0 Å². The fourth-order valence-corrected chi connectivity index (χ4v) is 6.07. The van der Waals surface area contributed by atoms with Crippen molar-refractivity contribution in [1.82, 2.24) is 0 Å². The fourth-order valence-electron chi connectivity index (χ4n) is 6.07. The lowest BCUT2D eigenvalue weighted by Crippen LogP contribution is -2.62. The number of aliphatic hydroxyl groups is 2. The molecule has 1 aromatic carbocycles. The molecule has 2 fully saturated rings. The van der Waals surface area contributed by atoms with Crippen LogP contribution in [0.2, 0.25) is 0 Å². The molecule has 2 aliphatic heterocycles. The van der Waals surface area contributed by atoms with Gasteiger partial charge in [-0.15, -0.1) is 0 Å². The average Bonchev–Trinajstić information content (AvgIpc) is 3.05. The zero-order chi connectivity index (χ0) is 29.7. The Morgan fingerprint density at radius 3 is 2.40 bits per heavy atom. The highest BCUT2D eigenvalue weighted by atomic mass is 16.9. The first kappa shape index (κ1) is 31.8. The van der Waals surface area contributed by atoms with Gasteiger partial charge in [0.2, 0.25) is 6.10 Å². The van der Waals surface area contributed by atoms with E-state index in [2.05, 4.69) is 27.4 Å². The highest BCUT2D eigenvalue weighted by Gasteiger charge is 2.80. The Balaban J connectivity index is 2.02. The molecular formula is C32H46O8. The van der Waals surface area contributed by atoms with Crippen LogP contribution in [0.4, 0.5) is 0 Å². The van der Waals surface area contributed by atoms with Gasteiger partial charge >= 0.3 is 17.9 Å². The summed E-state index contributed by atoms with van der Waals surface area (Å²) in [6.07, 6.45) is 4.21. The van der Waals surface area contributed by atoms with E-state index in [1.54, 1.807) is 6.08 Å². The molecule has 8 atom stereocenters. The Labute approximate surface area is 238 Å². The molecule has 8 heteroatoms. The van der Waals surface area contributed by atoms with Crippen molar-refractivity contribution in [2.45, 2.75) is 115 Å². The molecule has 40 heavy (non-hydrogen) atoms. The number of aliphatic hydroxyl groups excluding tert-OH is 2. The molecule has 8 nitrogen and oxygen atoms in total. The molecule has 2 bridgehead atoms. The topological polar surface area (TPSA) is 112 Å². The lowest BCUT2D eigenvalue weighted by Gasteiger charge is -2.45. The van der Waals surface area contributed by atoms with Crippen molar-refractivity contribution < 1.29 is 38.7 Å². The van der Waals surface area contributed by atoms with Crippen LogP contribution in [-0.2, 0) is 28.5 Å². The van der Waals surface area contributed by atoms with Gasteiger partial charge in [-0.05, 0) is 55.9 Å². The SMILES string of the molecule is C=C1OC2(OC(C)=O)O[C@](C)([C@H]1O)[C@](CC[C@H](CCC)c1ccccc1)(OC(=O)C=C[C@@H](C)C[C@@H](C)CC)[C@H]2O. The molecule has 0 saturated carbocycles. The minimum atomic E-state index is -2.32. The lowest BCUT2D eigenvalue weighted by molar-refractivity contribution is -0.402. The highest BCUT2D eigenvalue weighted by molar-refractivity contribution is 5.82. The monoisotopic (exact) mass is 558 g/mol. The van der Waals surface area contributed by atoms with E-state index in [0.717, 1.165) is 38.2 Å². The molecule has 1 aromatic rings. The number of allylic oxidation sites excluding steroid dienone is 1. The van der Waals surface area contributed by atoms with Crippen molar-refractivity contribution >= 4 is 11.9 Å². The number of hydrogen-bond acceptors (Lipinski definition) is 8. The number of fused-ring (bicyclic) bond motifs is 2. The third kappa shape index (κ3) is 6.29. The van der Waals surface area contributed by atoms with Crippen LogP contribution in [0.3, 0.4) is 0 Å². The summed E-state index contributed by atoms with van der Waals surface area (Å²) in [6.45, 7) is 14.9. The molecule has 1 unspecified atom stereocenters. The van der Waals surface area contributed by atoms with Gasteiger partial charge in [-0.2, -0.15) is 0 Å². The quantitative estimate of drug-likeness (QED) is 0.240. The van der Waals surface area contributed by atoms with Gasteiger partial charge in [0.05, 0.1) is 0 Å². The molecule has 2 saturated heterocycles. The summed E-state index contributed by atoms with van der Waals surface area (Å²) in [5, 5.41) is 23.1. The van der Waals surface area contributed by atoms with E-state index >= 15 is 0 Å². The van der Waals surface area contributed by atoms with Crippen LogP contribution in [0.1, 0.15) is 91.5 Å². The summed E-state index contributed by atoms with van der Waals surface area (Å²) in [5.41, 5.74) is -2.44. The van der Waals surface area contributed by atoms with E-state index < -0.39 is 41.3 Å². The molecule has 222 valence electrons. The summed E-state index contributed by atoms with van der Waals surface area (Å²) in [7, 11) is 0. The van der Waals surface area contributed by atoms with E-state index in [4.69, 9.17) is 18.9 Å². The maximum Gasteiger partial charge on any atom is 0.406 e. The molecular weight excluding hydrogens is 512 g/mol. The first-order chi connectivity index (χ1) is 18.8. The van der Waals surface area contributed by atoms with Gasteiger partial charge in [-0.25, -0.2) is 4.79 Å². The molecule has 0 spiro atoms. The Morgan fingerprint density at radius 1 is 1.12 bits per heavy atom. The summed E-state index contributed by atoms with van der Waals surface area (Å²) >= 11 is 0. The third-order valence-corrected chi connectivity index (χ3v) is 8.44. The molecule has 2 heterocycles. The Kier molecular flexibility index (Phi) is 10.3. The zero-order valence-corrected chi connectivity index (χ0v) is 24.7. The maximum atomic E-state index is 13.4. The van der Waals surface area contributed by atoms with Crippen molar-refractivity contribution in [3.8, 4) is 0 Å². The second-order valence-corrected chi connectivity index (χ2v) is 11.6. The van der Waals surface area contributed by atoms with Crippen molar-refractivity contribution in [2.75, 3.05) is 0 Å². The normalized spacial score (nSPS) is 31.9. The van der Waals surface area contributed by atoms with Crippen LogP contribution in [0.5, 0.6) is 0 Å². The number of hydrogen-bond donors (Lipinski definition) is 2. The van der Waals surface area contributed by atoms with Crippen molar-refractivity contribution in [3.63, 3.8) is 0 Å². The predicted molar refractivity (Wildman–Crippen MR) is 151 cm³/mol. The largest absolute Gasteiger partial charge is 0.449 e. The molecule has 2 aliphatic rings. The molecule has 2 N–H and O–H groups in total. The number of carbonyl (C=O) groups excluding carboxylic acids is 2. The van der Waals surface area contributed by atoms with Gasteiger partial charge in [-0.3, -0.25) is 9.53 Å². The van der Waals surface area contributed by atoms with Crippen LogP contribution < -0.4 is 0 Å². The Morgan fingerprint density at radius 2 is 1.80 bits per heavy atom. The first-order valence-electron chi connectivity index (χ1n) is 14.4. The van der Waals surface area contributed by atoms with Gasteiger partial charge in [-0.1, -0.05) is 83.5 Å². The second-order valence-electron chi connectivity index (χ2n) is 11.6. The number of esters is 2. The average molecular weight is 559 g/mol. The van der Waals surface area contributed by atoms with Crippen LogP contribution in [-0.4, -0.2) is 51.5 Å². The fraction of sp³-hybridized carbons (Fsp3) is 0.625. The predicted octanol–water partition coefficient (Wildman–Crippen LogP) is 5.53. The van der Waals surface area contributed by atoms with Crippen molar-refractivity contribution in [3.05, 3.63) is 60.4 Å². The molecule has 3 rings (SSSR count). The lowest BCUT2D eigenvalue weighted by atomic mass is 9.73. The van der Waals surface area contributed by atoms with Gasteiger partial charge < -0.3 is 24.4 Å². The van der Waals surface area contributed by atoms with E-state index in [9.17, 15) is 19.8 Å². The van der Waals surface area contributed by atoms with E-state index in [-0.39, 0.29) is 24.0 Å².